The molecule has 2 aliphatic rings. The SMILES string of the molecule is CC1CCN(C)CC1C1CN(C)CCN1. The highest BCUT2D eigenvalue weighted by Gasteiger charge is 2.32. The first-order chi connectivity index (χ1) is 7.16. The van der Waals surface area contributed by atoms with Crippen LogP contribution in [0.3, 0.4) is 0 Å². The molecule has 0 radical (unpaired) electrons. The molecule has 2 heterocycles. The highest BCUT2D eigenvalue weighted by molar-refractivity contribution is 4.89. The van der Waals surface area contributed by atoms with E-state index in [0.29, 0.717) is 6.04 Å². The summed E-state index contributed by atoms with van der Waals surface area (Å²) in [5.41, 5.74) is 0. The predicted octanol–water partition coefficient (Wildman–Crippen LogP) is 0.478. The van der Waals surface area contributed by atoms with Crippen molar-refractivity contribution in [2.24, 2.45) is 11.8 Å². The van der Waals surface area contributed by atoms with Crippen molar-refractivity contribution in [2.75, 3.05) is 46.8 Å². The Hall–Kier alpha value is -0.120. The van der Waals surface area contributed by atoms with Crippen LogP contribution >= 0.6 is 0 Å². The summed E-state index contributed by atoms with van der Waals surface area (Å²) < 4.78 is 0. The van der Waals surface area contributed by atoms with Gasteiger partial charge in [0.15, 0.2) is 0 Å². The second-order valence-electron chi connectivity index (χ2n) is 5.51. The summed E-state index contributed by atoms with van der Waals surface area (Å²) in [6, 6.07) is 0.710. The summed E-state index contributed by atoms with van der Waals surface area (Å²) in [6.07, 6.45) is 1.36. The first kappa shape index (κ1) is 11.4. The zero-order valence-electron chi connectivity index (χ0n) is 10.4. The minimum absolute atomic E-state index is 0.710. The Morgan fingerprint density at radius 2 is 1.80 bits per heavy atom. The molecule has 0 aliphatic carbocycles. The molecule has 0 saturated carbocycles. The van der Waals surface area contributed by atoms with Gasteiger partial charge >= 0.3 is 0 Å². The molecular formula is C12H25N3. The number of rotatable bonds is 1. The summed E-state index contributed by atoms with van der Waals surface area (Å²) in [6.45, 7) is 8.56. The quantitative estimate of drug-likeness (QED) is 0.680. The van der Waals surface area contributed by atoms with E-state index < -0.39 is 0 Å². The average Bonchev–Trinajstić information content (AvgIpc) is 2.22. The molecule has 3 atom stereocenters. The Morgan fingerprint density at radius 3 is 2.53 bits per heavy atom. The Kier molecular flexibility index (Phi) is 3.65. The van der Waals surface area contributed by atoms with Crippen molar-refractivity contribution in [1.82, 2.24) is 15.1 Å². The molecule has 0 aromatic heterocycles. The van der Waals surface area contributed by atoms with Crippen LogP contribution in [-0.4, -0.2) is 62.7 Å². The fourth-order valence-corrected chi connectivity index (χ4v) is 3.01. The van der Waals surface area contributed by atoms with Crippen molar-refractivity contribution >= 4 is 0 Å². The van der Waals surface area contributed by atoms with E-state index in [1.807, 2.05) is 0 Å². The molecule has 1 N–H and O–H groups in total. The molecule has 2 aliphatic heterocycles. The molecule has 2 saturated heterocycles. The standard InChI is InChI=1S/C12H25N3/c1-10-4-6-14(2)8-11(10)12-9-15(3)7-5-13-12/h10-13H,4-9H2,1-3H3. The van der Waals surface area contributed by atoms with Crippen molar-refractivity contribution < 1.29 is 0 Å². The maximum Gasteiger partial charge on any atom is 0.0238 e. The largest absolute Gasteiger partial charge is 0.311 e. The molecule has 0 aromatic carbocycles. The Bertz CT molecular complexity index is 207. The second-order valence-corrected chi connectivity index (χ2v) is 5.51. The van der Waals surface area contributed by atoms with Gasteiger partial charge in [-0.2, -0.15) is 0 Å². The van der Waals surface area contributed by atoms with Gasteiger partial charge in [0, 0.05) is 32.2 Å². The third-order valence-electron chi connectivity index (χ3n) is 4.14. The Labute approximate surface area is 93.8 Å². The highest BCUT2D eigenvalue weighted by Crippen LogP contribution is 2.26. The van der Waals surface area contributed by atoms with E-state index in [1.165, 1.54) is 32.6 Å². The average molecular weight is 211 g/mol. The smallest absolute Gasteiger partial charge is 0.0238 e. The van der Waals surface area contributed by atoms with Crippen molar-refractivity contribution in [3.05, 3.63) is 0 Å². The second kappa shape index (κ2) is 4.81. The van der Waals surface area contributed by atoms with Gasteiger partial charge in [-0.25, -0.2) is 0 Å². The topological polar surface area (TPSA) is 18.5 Å². The van der Waals surface area contributed by atoms with Crippen molar-refractivity contribution in [1.29, 1.82) is 0 Å². The molecule has 0 bridgehead atoms. The molecule has 0 amide bonds. The molecule has 15 heavy (non-hydrogen) atoms. The Balaban J connectivity index is 1.94. The predicted molar refractivity (Wildman–Crippen MR) is 64.1 cm³/mol. The van der Waals surface area contributed by atoms with Crippen LogP contribution in [0.15, 0.2) is 0 Å². The lowest BCUT2D eigenvalue weighted by molar-refractivity contribution is 0.0894. The minimum atomic E-state index is 0.710. The molecule has 3 unspecified atom stereocenters. The van der Waals surface area contributed by atoms with Crippen molar-refractivity contribution in [3.63, 3.8) is 0 Å². The van der Waals surface area contributed by atoms with Gasteiger partial charge in [0.05, 0.1) is 0 Å². The maximum absolute atomic E-state index is 3.70. The number of likely N-dealkylation sites (tertiary alicyclic amines) is 1. The maximum atomic E-state index is 3.70. The fraction of sp³-hybridized carbons (Fsp3) is 1.00. The number of hydrogen-bond acceptors (Lipinski definition) is 3. The van der Waals surface area contributed by atoms with Gasteiger partial charge in [-0.15, -0.1) is 0 Å². The lowest BCUT2D eigenvalue weighted by Crippen LogP contribution is -2.57. The van der Waals surface area contributed by atoms with E-state index in [-0.39, 0.29) is 0 Å². The number of nitrogens with one attached hydrogen (secondary N) is 1. The van der Waals surface area contributed by atoms with Gasteiger partial charge in [-0.05, 0) is 38.9 Å². The van der Waals surface area contributed by atoms with Gasteiger partial charge < -0.3 is 15.1 Å². The van der Waals surface area contributed by atoms with E-state index in [9.17, 15) is 0 Å². The van der Waals surface area contributed by atoms with Crippen LogP contribution in [0.5, 0.6) is 0 Å². The number of piperidine rings is 1. The summed E-state index contributed by atoms with van der Waals surface area (Å²) in [5.74, 6) is 1.72. The van der Waals surface area contributed by atoms with Crippen LogP contribution in [0.1, 0.15) is 13.3 Å². The van der Waals surface area contributed by atoms with Gasteiger partial charge in [0.25, 0.3) is 0 Å². The van der Waals surface area contributed by atoms with Crippen molar-refractivity contribution in [3.8, 4) is 0 Å². The number of nitrogens with zero attached hydrogens (tertiary/aromatic N) is 2. The number of likely N-dealkylation sites (N-methyl/N-ethyl adjacent to an activating group) is 1. The summed E-state index contributed by atoms with van der Waals surface area (Å²) in [4.78, 5) is 4.95. The first-order valence-electron chi connectivity index (χ1n) is 6.27. The number of hydrogen-bond donors (Lipinski definition) is 1. The van der Waals surface area contributed by atoms with Crippen LogP contribution in [0.25, 0.3) is 0 Å². The summed E-state index contributed by atoms with van der Waals surface area (Å²) in [5, 5.41) is 3.70. The van der Waals surface area contributed by atoms with Gasteiger partial charge in [-0.3, -0.25) is 0 Å². The third-order valence-corrected chi connectivity index (χ3v) is 4.14. The molecule has 0 aromatic rings. The highest BCUT2D eigenvalue weighted by atomic mass is 15.2. The zero-order chi connectivity index (χ0) is 10.8. The van der Waals surface area contributed by atoms with Gasteiger partial charge in [0.1, 0.15) is 0 Å². The molecule has 88 valence electrons. The Morgan fingerprint density at radius 1 is 1.07 bits per heavy atom. The molecular weight excluding hydrogens is 186 g/mol. The summed E-state index contributed by atoms with van der Waals surface area (Å²) in [7, 11) is 4.50. The molecule has 3 heteroatoms. The third kappa shape index (κ3) is 2.71. The minimum Gasteiger partial charge on any atom is -0.311 e. The van der Waals surface area contributed by atoms with Crippen LogP contribution in [0, 0.1) is 11.8 Å². The normalized spacial score (nSPS) is 40.6. The van der Waals surface area contributed by atoms with E-state index in [1.54, 1.807) is 0 Å². The molecule has 0 spiro atoms. The molecule has 3 nitrogen and oxygen atoms in total. The zero-order valence-corrected chi connectivity index (χ0v) is 10.4. The van der Waals surface area contributed by atoms with E-state index in [2.05, 4.69) is 36.1 Å². The number of piperazine rings is 1. The summed E-state index contributed by atoms with van der Waals surface area (Å²) >= 11 is 0. The lowest BCUT2D eigenvalue weighted by Gasteiger charge is -2.43. The van der Waals surface area contributed by atoms with Crippen LogP contribution in [0.4, 0.5) is 0 Å². The van der Waals surface area contributed by atoms with E-state index in [4.69, 9.17) is 0 Å². The van der Waals surface area contributed by atoms with E-state index >= 15 is 0 Å². The monoisotopic (exact) mass is 211 g/mol. The van der Waals surface area contributed by atoms with E-state index in [0.717, 1.165) is 18.4 Å². The van der Waals surface area contributed by atoms with Crippen molar-refractivity contribution in [2.45, 2.75) is 19.4 Å². The van der Waals surface area contributed by atoms with Crippen LogP contribution in [-0.2, 0) is 0 Å². The molecule has 2 rings (SSSR count). The molecule has 2 fully saturated rings. The van der Waals surface area contributed by atoms with Gasteiger partial charge in [-0.1, -0.05) is 6.92 Å². The van der Waals surface area contributed by atoms with Crippen LogP contribution in [0.2, 0.25) is 0 Å². The fourth-order valence-electron chi connectivity index (χ4n) is 3.01. The van der Waals surface area contributed by atoms with Crippen LogP contribution < -0.4 is 5.32 Å². The first-order valence-corrected chi connectivity index (χ1v) is 6.27. The van der Waals surface area contributed by atoms with Gasteiger partial charge in [0.2, 0.25) is 0 Å². The lowest BCUT2D eigenvalue weighted by atomic mass is 9.81.